The van der Waals surface area contributed by atoms with Gasteiger partial charge in [0.15, 0.2) is 0 Å². The van der Waals surface area contributed by atoms with Crippen molar-refractivity contribution in [2.75, 3.05) is 11.5 Å². The number of fused-ring (bicyclic) bond motifs is 3. The quantitative estimate of drug-likeness (QED) is 0.729. The summed E-state index contributed by atoms with van der Waals surface area (Å²) in [6.45, 7) is 2.56. The third-order valence-corrected chi connectivity index (χ3v) is 8.14. The smallest absolute Gasteiger partial charge is 0.343 e. The second-order valence-electron chi connectivity index (χ2n) is 5.99. The van der Waals surface area contributed by atoms with E-state index in [0.29, 0.717) is 11.8 Å². The van der Waals surface area contributed by atoms with Crippen LogP contribution in [0.1, 0.15) is 33.1 Å². The van der Waals surface area contributed by atoms with Crippen molar-refractivity contribution in [3.63, 3.8) is 0 Å². The molecule has 5 heteroatoms. The Kier molecular flexibility index (Phi) is 3.13. The Morgan fingerprint density at radius 3 is 2.61 bits per heavy atom. The van der Waals surface area contributed by atoms with Gasteiger partial charge in [0, 0.05) is 11.5 Å². The second kappa shape index (κ2) is 4.30. The summed E-state index contributed by atoms with van der Waals surface area (Å²) in [5, 5.41) is 0. The molecule has 1 spiro atoms. The van der Waals surface area contributed by atoms with Gasteiger partial charge in [0.1, 0.15) is 10.2 Å². The molecule has 1 heterocycles. The molecule has 0 aromatic heterocycles. The Bertz CT molecular complexity index is 360. The second-order valence-corrected chi connectivity index (χ2v) is 8.99. The van der Waals surface area contributed by atoms with Gasteiger partial charge in [-0.2, -0.15) is 0 Å². The van der Waals surface area contributed by atoms with Crippen molar-refractivity contribution in [3.05, 3.63) is 0 Å². The van der Waals surface area contributed by atoms with E-state index in [1.54, 1.807) is 0 Å². The lowest BCUT2D eigenvalue weighted by Crippen LogP contribution is -2.45. The Morgan fingerprint density at radius 1 is 1.33 bits per heavy atom. The molecular formula is C13H19FO2S2. The Morgan fingerprint density at radius 2 is 2.00 bits per heavy atom. The number of hydrogen-bond acceptors (Lipinski definition) is 4. The fraction of sp³-hybridized carbons (Fsp3) is 0.923. The number of hydrogen-bond donors (Lipinski definition) is 0. The van der Waals surface area contributed by atoms with Crippen LogP contribution in [-0.2, 0) is 9.53 Å². The molecule has 102 valence electrons. The van der Waals surface area contributed by atoms with Crippen LogP contribution in [0, 0.1) is 11.8 Å². The first-order valence-electron chi connectivity index (χ1n) is 6.61. The highest BCUT2D eigenvalue weighted by Crippen LogP contribution is 2.65. The number of rotatable bonds is 2. The van der Waals surface area contributed by atoms with Crippen LogP contribution in [0.2, 0.25) is 0 Å². The predicted molar refractivity (Wildman–Crippen MR) is 73.5 cm³/mol. The summed E-state index contributed by atoms with van der Waals surface area (Å²) in [7, 11) is 0. The molecule has 3 fully saturated rings. The maximum atomic E-state index is 13.7. The van der Waals surface area contributed by atoms with Gasteiger partial charge in [0.05, 0.1) is 0 Å². The first kappa shape index (κ1) is 13.1. The monoisotopic (exact) mass is 290 g/mol. The molecule has 0 radical (unpaired) electrons. The van der Waals surface area contributed by atoms with Crippen LogP contribution in [0.5, 0.6) is 0 Å². The minimum absolute atomic E-state index is 0.0455. The number of esters is 1. The van der Waals surface area contributed by atoms with Gasteiger partial charge in [0.2, 0.25) is 5.67 Å². The molecule has 18 heavy (non-hydrogen) atoms. The van der Waals surface area contributed by atoms with Crippen molar-refractivity contribution in [2.24, 2.45) is 11.8 Å². The fourth-order valence-electron chi connectivity index (χ4n) is 3.50. The zero-order valence-corrected chi connectivity index (χ0v) is 12.4. The molecule has 2 nitrogen and oxygen atoms in total. The van der Waals surface area contributed by atoms with Gasteiger partial charge in [-0.05, 0) is 44.9 Å². The summed E-state index contributed by atoms with van der Waals surface area (Å²) in [6.07, 6.45) is 3.47. The lowest BCUT2D eigenvalue weighted by Gasteiger charge is -2.39. The van der Waals surface area contributed by atoms with Gasteiger partial charge in [-0.15, -0.1) is 23.5 Å². The Labute approximate surface area is 116 Å². The molecule has 3 rings (SSSR count). The Hall–Kier alpha value is 0.1000. The summed E-state index contributed by atoms with van der Waals surface area (Å²) < 4.78 is 19.3. The fourth-order valence-corrected chi connectivity index (χ4v) is 7.34. The number of carbonyl (C=O) groups excluding carboxylic acids is 1. The van der Waals surface area contributed by atoms with Gasteiger partial charge in [-0.3, -0.25) is 0 Å². The number of carbonyl (C=O) groups is 1. The third kappa shape index (κ3) is 1.89. The number of thioether (sulfide) groups is 2. The summed E-state index contributed by atoms with van der Waals surface area (Å²) >= 11 is 3.88. The highest BCUT2D eigenvalue weighted by Gasteiger charge is 2.62. The zero-order valence-electron chi connectivity index (χ0n) is 10.8. The molecule has 2 bridgehead atoms. The summed E-state index contributed by atoms with van der Waals surface area (Å²) in [6, 6.07) is 0. The maximum Gasteiger partial charge on any atom is 0.343 e. The highest BCUT2D eigenvalue weighted by molar-refractivity contribution is 8.21. The molecule has 3 atom stereocenters. The molecule has 2 aliphatic carbocycles. The van der Waals surface area contributed by atoms with E-state index in [1.165, 1.54) is 20.3 Å². The molecule has 0 N–H and O–H groups in total. The van der Waals surface area contributed by atoms with Crippen LogP contribution in [-0.4, -0.2) is 33.3 Å². The van der Waals surface area contributed by atoms with E-state index in [9.17, 15) is 9.18 Å². The van der Waals surface area contributed by atoms with E-state index in [0.717, 1.165) is 24.3 Å². The minimum Gasteiger partial charge on any atom is -0.457 e. The van der Waals surface area contributed by atoms with Crippen LogP contribution >= 0.6 is 23.5 Å². The van der Waals surface area contributed by atoms with Crippen LogP contribution < -0.4 is 0 Å². The molecule has 1 saturated heterocycles. The van der Waals surface area contributed by atoms with Crippen LogP contribution in [0.15, 0.2) is 0 Å². The number of halogens is 1. The molecule has 3 aliphatic rings. The first-order valence-corrected chi connectivity index (χ1v) is 8.58. The summed E-state index contributed by atoms with van der Waals surface area (Å²) in [5.41, 5.74) is -1.88. The average molecular weight is 290 g/mol. The van der Waals surface area contributed by atoms with Gasteiger partial charge >= 0.3 is 5.97 Å². The van der Waals surface area contributed by atoms with Crippen LogP contribution in [0.3, 0.4) is 0 Å². The molecule has 2 saturated carbocycles. The van der Waals surface area contributed by atoms with Gasteiger partial charge < -0.3 is 4.74 Å². The van der Waals surface area contributed by atoms with Crippen molar-refractivity contribution < 1.29 is 13.9 Å². The van der Waals surface area contributed by atoms with Gasteiger partial charge in [-0.25, -0.2) is 9.18 Å². The molecule has 0 aromatic rings. The van der Waals surface area contributed by atoms with Crippen LogP contribution in [0.4, 0.5) is 4.39 Å². The average Bonchev–Trinajstić information content (AvgIpc) is 2.97. The van der Waals surface area contributed by atoms with E-state index in [1.807, 2.05) is 23.5 Å². The molecule has 0 aromatic carbocycles. The Balaban J connectivity index is 1.80. The summed E-state index contributed by atoms with van der Waals surface area (Å²) in [4.78, 5) is 11.8. The van der Waals surface area contributed by atoms with Gasteiger partial charge in [0.25, 0.3) is 0 Å². The molecule has 3 unspecified atom stereocenters. The normalized spacial score (nSPS) is 37.4. The van der Waals surface area contributed by atoms with Crippen molar-refractivity contribution in [3.8, 4) is 0 Å². The van der Waals surface area contributed by atoms with Crippen molar-refractivity contribution >= 4 is 29.5 Å². The lowest BCUT2D eigenvalue weighted by molar-refractivity contribution is -0.163. The van der Waals surface area contributed by atoms with E-state index in [4.69, 9.17) is 4.74 Å². The lowest BCUT2D eigenvalue weighted by atomic mass is 9.96. The molecular weight excluding hydrogens is 271 g/mol. The van der Waals surface area contributed by atoms with Gasteiger partial charge in [-0.1, -0.05) is 0 Å². The molecule has 0 amide bonds. The largest absolute Gasteiger partial charge is 0.457 e. The van der Waals surface area contributed by atoms with Crippen molar-refractivity contribution in [1.29, 1.82) is 0 Å². The first-order chi connectivity index (χ1) is 8.43. The number of alkyl halides is 1. The zero-order chi connectivity index (χ0) is 13.0. The van der Waals surface area contributed by atoms with Crippen LogP contribution in [0.25, 0.3) is 0 Å². The van der Waals surface area contributed by atoms with E-state index in [2.05, 4.69) is 0 Å². The van der Waals surface area contributed by atoms with Crippen molar-refractivity contribution in [2.45, 2.75) is 49.0 Å². The van der Waals surface area contributed by atoms with E-state index in [-0.39, 0.29) is 10.2 Å². The SMILES string of the molecule is CC(C)(F)C(=O)OC1C2CCC(C2)C12SCCS2. The maximum absolute atomic E-state index is 13.7. The van der Waals surface area contributed by atoms with Crippen molar-refractivity contribution in [1.82, 2.24) is 0 Å². The predicted octanol–water partition coefficient (Wildman–Crippen LogP) is 3.25. The standard InChI is InChI=1S/C13H19FO2S2/c1-12(2,14)11(15)16-10-8-3-4-9(7-8)13(10)17-5-6-18-13/h8-10H,3-7H2,1-2H3. The molecule has 1 aliphatic heterocycles. The minimum atomic E-state index is -1.88. The topological polar surface area (TPSA) is 26.3 Å². The highest BCUT2D eigenvalue weighted by atomic mass is 32.2. The van der Waals surface area contributed by atoms with E-state index >= 15 is 0 Å². The summed E-state index contributed by atoms with van der Waals surface area (Å²) in [5.74, 6) is 2.68. The van der Waals surface area contributed by atoms with E-state index < -0.39 is 11.6 Å². The number of ether oxygens (including phenoxy) is 1. The third-order valence-electron chi connectivity index (χ3n) is 4.32.